The van der Waals surface area contributed by atoms with Crippen LogP contribution in [0.1, 0.15) is 50.2 Å². The fraction of sp³-hybridized carbons (Fsp3) is 0.600. The number of benzene rings is 1. The van der Waals surface area contributed by atoms with Crippen LogP contribution in [0.2, 0.25) is 0 Å². The Balaban J connectivity index is 2.03. The fourth-order valence-electron chi connectivity index (χ4n) is 2.78. The van der Waals surface area contributed by atoms with Crippen molar-refractivity contribution < 1.29 is 0 Å². The molecule has 1 saturated carbocycles. The van der Waals surface area contributed by atoms with E-state index in [0.717, 1.165) is 0 Å². The lowest BCUT2D eigenvalue weighted by atomic mass is 9.72. The van der Waals surface area contributed by atoms with Gasteiger partial charge in [0.2, 0.25) is 0 Å². The van der Waals surface area contributed by atoms with Crippen LogP contribution in [0, 0.1) is 12.3 Å². The minimum Gasteiger partial charge on any atom is -0.0593 e. The molecule has 0 atom stereocenters. The average molecular weight is 202 g/mol. The largest absolute Gasteiger partial charge is 0.0593 e. The van der Waals surface area contributed by atoms with E-state index in [0.29, 0.717) is 5.41 Å². The summed E-state index contributed by atoms with van der Waals surface area (Å²) in [6, 6.07) is 9.08. The molecule has 0 heterocycles. The second kappa shape index (κ2) is 4.38. The highest BCUT2D eigenvalue weighted by atomic mass is 14.3. The first kappa shape index (κ1) is 10.7. The second-order valence-corrected chi connectivity index (χ2v) is 5.53. The summed E-state index contributed by atoms with van der Waals surface area (Å²) in [4.78, 5) is 0. The Morgan fingerprint density at radius 2 is 1.60 bits per heavy atom. The van der Waals surface area contributed by atoms with Gasteiger partial charge in [0.15, 0.2) is 0 Å². The maximum atomic E-state index is 2.46. The molecular formula is C15H22. The molecule has 2 rings (SSSR count). The van der Waals surface area contributed by atoms with Crippen molar-refractivity contribution in [1.29, 1.82) is 0 Å². The lowest BCUT2D eigenvalue weighted by Crippen LogP contribution is -2.22. The molecule has 1 aliphatic rings. The first-order valence-electron chi connectivity index (χ1n) is 6.24. The summed E-state index contributed by atoms with van der Waals surface area (Å²) in [6.45, 7) is 4.62. The van der Waals surface area contributed by atoms with Crippen molar-refractivity contribution in [3.63, 3.8) is 0 Å². The average Bonchev–Trinajstić information content (AvgIpc) is 2.22. The zero-order valence-electron chi connectivity index (χ0n) is 10.1. The molecule has 0 radical (unpaired) electrons. The fourth-order valence-corrected chi connectivity index (χ4v) is 2.78. The quantitative estimate of drug-likeness (QED) is 0.662. The molecule has 0 amide bonds. The Labute approximate surface area is 93.7 Å². The van der Waals surface area contributed by atoms with E-state index < -0.39 is 0 Å². The summed E-state index contributed by atoms with van der Waals surface area (Å²) in [6.07, 6.45) is 8.42. The van der Waals surface area contributed by atoms with Crippen LogP contribution < -0.4 is 0 Å². The second-order valence-electron chi connectivity index (χ2n) is 5.53. The van der Waals surface area contributed by atoms with Gasteiger partial charge in [0.05, 0.1) is 0 Å². The van der Waals surface area contributed by atoms with Crippen LogP contribution in [0.3, 0.4) is 0 Å². The van der Waals surface area contributed by atoms with E-state index in [2.05, 4.69) is 38.1 Å². The Hall–Kier alpha value is -0.780. The van der Waals surface area contributed by atoms with Crippen LogP contribution >= 0.6 is 0 Å². The van der Waals surface area contributed by atoms with Crippen molar-refractivity contribution in [3.8, 4) is 0 Å². The lowest BCUT2D eigenvalue weighted by Gasteiger charge is -2.33. The van der Waals surface area contributed by atoms with Crippen LogP contribution in [-0.4, -0.2) is 0 Å². The molecule has 0 spiro atoms. The van der Waals surface area contributed by atoms with Gasteiger partial charge >= 0.3 is 0 Å². The molecule has 0 heteroatoms. The first-order chi connectivity index (χ1) is 7.18. The predicted octanol–water partition coefficient (Wildman–Crippen LogP) is 4.51. The molecule has 15 heavy (non-hydrogen) atoms. The Morgan fingerprint density at radius 1 is 1.00 bits per heavy atom. The minimum atomic E-state index is 0.577. The summed E-state index contributed by atoms with van der Waals surface area (Å²) in [5, 5.41) is 0. The van der Waals surface area contributed by atoms with Gasteiger partial charge in [0.1, 0.15) is 0 Å². The molecule has 0 saturated heterocycles. The van der Waals surface area contributed by atoms with Crippen LogP contribution in [0.5, 0.6) is 0 Å². The van der Waals surface area contributed by atoms with Gasteiger partial charge in [-0.25, -0.2) is 0 Å². The summed E-state index contributed by atoms with van der Waals surface area (Å²) in [7, 11) is 0. The van der Waals surface area contributed by atoms with E-state index >= 15 is 0 Å². The molecule has 0 unspecified atom stereocenters. The topological polar surface area (TPSA) is 0 Å². The third-order valence-corrected chi connectivity index (χ3v) is 3.81. The number of rotatable bonds is 2. The highest BCUT2D eigenvalue weighted by Gasteiger charge is 2.26. The van der Waals surface area contributed by atoms with Gasteiger partial charge in [-0.1, -0.05) is 56.0 Å². The Kier molecular flexibility index (Phi) is 3.14. The van der Waals surface area contributed by atoms with E-state index in [-0.39, 0.29) is 0 Å². The molecule has 0 nitrogen and oxygen atoms in total. The SMILES string of the molecule is Cc1ccc(CC2(C)CCCCC2)cc1. The van der Waals surface area contributed by atoms with Crippen LogP contribution in [0.15, 0.2) is 24.3 Å². The van der Waals surface area contributed by atoms with Crippen LogP contribution in [-0.2, 0) is 6.42 Å². The molecule has 82 valence electrons. The lowest BCUT2D eigenvalue weighted by molar-refractivity contribution is 0.215. The number of aryl methyl sites for hydroxylation is 1. The van der Waals surface area contributed by atoms with Crippen molar-refractivity contribution in [1.82, 2.24) is 0 Å². The Bertz CT molecular complexity index is 301. The zero-order chi connectivity index (χ0) is 10.7. The van der Waals surface area contributed by atoms with Crippen molar-refractivity contribution in [2.24, 2.45) is 5.41 Å². The molecule has 0 bridgehead atoms. The molecule has 0 N–H and O–H groups in total. The molecule has 1 fully saturated rings. The normalized spacial score (nSPS) is 20.1. The van der Waals surface area contributed by atoms with Gasteiger partial charge in [-0.15, -0.1) is 0 Å². The summed E-state index contributed by atoms with van der Waals surface area (Å²) in [5.74, 6) is 0. The van der Waals surface area contributed by atoms with E-state index in [1.165, 1.54) is 49.7 Å². The van der Waals surface area contributed by atoms with Gasteiger partial charge in [0, 0.05) is 0 Å². The van der Waals surface area contributed by atoms with Crippen molar-refractivity contribution in [2.75, 3.05) is 0 Å². The Morgan fingerprint density at radius 3 is 2.20 bits per heavy atom. The molecule has 1 aromatic carbocycles. The maximum absolute atomic E-state index is 2.46. The molecule has 1 aliphatic carbocycles. The summed E-state index contributed by atoms with van der Waals surface area (Å²) in [5.41, 5.74) is 3.46. The van der Waals surface area contributed by atoms with E-state index in [4.69, 9.17) is 0 Å². The summed E-state index contributed by atoms with van der Waals surface area (Å²) < 4.78 is 0. The van der Waals surface area contributed by atoms with Crippen molar-refractivity contribution in [3.05, 3.63) is 35.4 Å². The smallest absolute Gasteiger partial charge is 0.0225 e. The van der Waals surface area contributed by atoms with Gasteiger partial charge in [-0.2, -0.15) is 0 Å². The number of hydrogen-bond donors (Lipinski definition) is 0. The molecule has 0 aromatic heterocycles. The van der Waals surface area contributed by atoms with Crippen LogP contribution in [0.4, 0.5) is 0 Å². The predicted molar refractivity (Wildman–Crippen MR) is 66.1 cm³/mol. The monoisotopic (exact) mass is 202 g/mol. The van der Waals surface area contributed by atoms with E-state index in [1.807, 2.05) is 0 Å². The standard InChI is InChI=1S/C15H22/c1-13-6-8-14(9-7-13)12-15(2)10-4-3-5-11-15/h6-9H,3-5,10-12H2,1-2H3. The van der Waals surface area contributed by atoms with E-state index in [9.17, 15) is 0 Å². The molecule has 0 aliphatic heterocycles. The summed E-state index contributed by atoms with van der Waals surface area (Å²) >= 11 is 0. The van der Waals surface area contributed by atoms with E-state index in [1.54, 1.807) is 0 Å². The minimum absolute atomic E-state index is 0.577. The van der Waals surface area contributed by atoms with Crippen LogP contribution in [0.25, 0.3) is 0 Å². The highest BCUT2D eigenvalue weighted by molar-refractivity contribution is 5.22. The third kappa shape index (κ3) is 2.84. The number of hydrogen-bond acceptors (Lipinski definition) is 0. The molecule has 1 aromatic rings. The van der Waals surface area contributed by atoms with Gasteiger partial charge in [-0.3, -0.25) is 0 Å². The van der Waals surface area contributed by atoms with Gasteiger partial charge in [-0.05, 0) is 37.2 Å². The maximum Gasteiger partial charge on any atom is -0.0225 e. The van der Waals surface area contributed by atoms with Crippen molar-refractivity contribution in [2.45, 2.75) is 52.4 Å². The van der Waals surface area contributed by atoms with Gasteiger partial charge < -0.3 is 0 Å². The van der Waals surface area contributed by atoms with Gasteiger partial charge in [0.25, 0.3) is 0 Å². The highest BCUT2D eigenvalue weighted by Crippen LogP contribution is 2.38. The molecular weight excluding hydrogens is 180 g/mol. The first-order valence-corrected chi connectivity index (χ1v) is 6.24. The third-order valence-electron chi connectivity index (χ3n) is 3.81. The van der Waals surface area contributed by atoms with Crippen molar-refractivity contribution >= 4 is 0 Å². The zero-order valence-corrected chi connectivity index (χ0v) is 10.1.